The first-order valence-corrected chi connectivity index (χ1v) is 8.74. The Hall–Kier alpha value is -2.41. The van der Waals surface area contributed by atoms with Crippen molar-refractivity contribution in [2.45, 2.75) is 19.8 Å². The van der Waals surface area contributed by atoms with Crippen LogP contribution in [0.25, 0.3) is 5.65 Å². The molecule has 3 aromatic rings. The molecule has 0 saturated carbocycles. The normalized spacial score (nSPS) is 15.7. The van der Waals surface area contributed by atoms with Crippen LogP contribution in [0.5, 0.6) is 5.75 Å². The summed E-state index contributed by atoms with van der Waals surface area (Å²) in [4.78, 5) is 10.8. The molecule has 1 aliphatic heterocycles. The molecule has 0 spiro atoms. The van der Waals surface area contributed by atoms with Crippen LogP contribution >= 0.6 is 11.6 Å². The quantitative estimate of drug-likeness (QED) is 0.714. The Morgan fingerprint density at radius 3 is 2.88 bits per heavy atom. The summed E-state index contributed by atoms with van der Waals surface area (Å²) in [5, 5.41) is 8.96. The molecule has 0 radical (unpaired) electrons. The van der Waals surface area contributed by atoms with Crippen LogP contribution < -0.4 is 9.64 Å². The fourth-order valence-electron chi connectivity index (χ4n) is 3.15. The summed E-state index contributed by atoms with van der Waals surface area (Å²) in [5.74, 6) is 2.97. The van der Waals surface area contributed by atoms with E-state index >= 15 is 0 Å². The van der Waals surface area contributed by atoms with Gasteiger partial charge in [-0.15, -0.1) is 10.2 Å². The average Bonchev–Trinajstić information content (AvgIpc) is 3.03. The number of hydrogen-bond acceptors (Lipinski definition) is 6. The van der Waals surface area contributed by atoms with Gasteiger partial charge in [0.15, 0.2) is 5.82 Å². The second-order valence-electron chi connectivity index (χ2n) is 6.24. The molecule has 1 aliphatic rings. The minimum atomic E-state index is 0.500. The number of fused-ring (bicyclic) bond motifs is 1. The molecular weight excluding hydrogens is 340 g/mol. The van der Waals surface area contributed by atoms with Gasteiger partial charge in [-0.2, -0.15) is 0 Å². The van der Waals surface area contributed by atoms with Crippen molar-refractivity contribution in [2.24, 2.45) is 5.92 Å². The first-order valence-electron chi connectivity index (χ1n) is 8.36. The summed E-state index contributed by atoms with van der Waals surface area (Å²) in [6.45, 7) is 4.46. The van der Waals surface area contributed by atoms with Gasteiger partial charge in [0.1, 0.15) is 16.6 Å². The van der Waals surface area contributed by atoms with Crippen LogP contribution in [0.4, 0.5) is 5.82 Å². The van der Waals surface area contributed by atoms with Crippen LogP contribution in [-0.4, -0.2) is 44.3 Å². The van der Waals surface area contributed by atoms with Crippen molar-refractivity contribution < 1.29 is 4.74 Å². The molecule has 0 bridgehead atoms. The Labute approximate surface area is 150 Å². The van der Waals surface area contributed by atoms with E-state index in [1.54, 1.807) is 24.7 Å². The Kier molecular flexibility index (Phi) is 4.40. The summed E-state index contributed by atoms with van der Waals surface area (Å²) in [5.41, 5.74) is 0.818. The lowest BCUT2D eigenvalue weighted by molar-refractivity contribution is 0.222. The third-order valence-electron chi connectivity index (χ3n) is 4.60. The Balaban J connectivity index is 1.39. The van der Waals surface area contributed by atoms with Crippen LogP contribution in [-0.2, 0) is 0 Å². The molecule has 0 amide bonds. The van der Waals surface area contributed by atoms with Gasteiger partial charge in [-0.05, 0) is 25.7 Å². The lowest BCUT2D eigenvalue weighted by atomic mass is 9.98. The summed E-state index contributed by atoms with van der Waals surface area (Å²) in [6.07, 6.45) is 9.08. The van der Waals surface area contributed by atoms with Crippen LogP contribution in [0.3, 0.4) is 0 Å². The maximum absolute atomic E-state index is 6.08. The van der Waals surface area contributed by atoms with Crippen molar-refractivity contribution in [3.05, 3.63) is 41.7 Å². The van der Waals surface area contributed by atoms with Gasteiger partial charge < -0.3 is 9.64 Å². The van der Waals surface area contributed by atoms with Gasteiger partial charge in [0.05, 0.1) is 6.61 Å². The van der Waals surface area contributed by atoms with Gasteiger partial charge in [0, 0.05) is 43.9 Å². The number of aromatic nitrogens is 5. The average molecular weight is 359 g/mol. The van der Waals surface area contributed by atoms with E-state index in [9.17, 15) is 0 Å². The molecule has 0 atom stereocenters. The van der Waals surface area contributed by atoms with Gasteiger partial charge in [0.2, 0.25) is 5.65 Å². The van der Waals surface area contributed by atoms with Crippen molar-refractivity contribution >= 4 is 23.1 Å². The molecule has 1 fully saturated rings. The second-order valence-corrected chi connectivity index (χ2v) is 6.65. The Morgan fingerprint density at radius 2 is 2.08 bits per heavy atom. The van der Waals surface area contributed by atoms with E-state index in [1.165, 1.54) is 0 Å². The van der Waals surface area contributed by atoms with Gasteiger partial charge in [-0.1, -0.05) is 11.6 Å². The zero-order valence-corrected chi connectivity index (χ0v) is 14.7. The van der Waals surface area contributed by atoms with Crippen LogP contribution in [0, 0.1) is 12.8 Å². The highest BCUT2D eigenvalue weighted by molar-refractivity contribution is 6.31. The third kappa shape index (κ3) is 3.24. The largest absolute Gasteiger partial charge is 0.492 e. The fraction of sp³-hybridized carbons (Fsp3) is 0.412. The van der Waals surface area contributed by atoms with Gasteiger partial charge >= 0.3 is 0 Å². The number of aryl methyl sites for hydroxylation is 1. The van der Waals surface area contributed by atoms with Crippen LogP contribution in [0.2, 0.25) is 5.02 Å². The smallest absolute Gasteiger partial charge is 0.203 e. The number of halogens is 1. The molecule has 8 heteroatoms. The molecule has 0 aliphatic carbocycles. The molecule has 0 unspecified atom stereocenters. The summed E-state index contributed by atoms with van der Waals surface area (Å²) < 4.78 is 7.83. The van der Waals surface area contributed by atoms with Gasteiger partial charge in [-0.3, -0.25) is 9.38 Å². The highest BCUT2D eigenvalue weighted by atomic mass is 35.5. The van der Waals surface area contributed by atoms with Crippen molar-refractivity contribution in [1.82, 2.24) is 24.6 Å². The van der Waals surface area contributed by atoms with E-state index < -0.39 is 0 Å². The summed E-state index contributed by atoms with van der Waals surface area (Å²) in [6, 6.07) is 1.80. The van der Waals surface area contributed by atoms with Crippen molar-refractivity contribution in [2.75, 3.05) is 24.6 Å². The summed E-state index contributed by atoms with van der Waals surface area (Å²) >= 11 is 6.08. The van der Waals surface area contributed by atoms with E-state index in [4.69, 9.17) is 16.3 Å². The first-order chi connectivity index (χ1) is 12.2. The molecule has 130 valence electrons. The predicted octanol–water partition coefficient (Wildman–Crippen LogP) is 2.78. The molecule has 0 aromatic carbocycles. The zero-order valence-electron chi connectivity index (χ0n) is 14.0. The molecule has 3 aromatic heterocycles. The zero-order chi connectivity index (χ0) is 17.2. The third-order valence-corrected chi connectivity index (χ3v) is 4.89. The van der Waals surface area contributed by atoms with E-state index in [0.29, 0.717) is 23.3 Å². The second kappa shape index (κ2) is 6.84. The minimum Gasteiger partial charge on any atom is -0.492 e. The molecule has 4 rings (SSSR count). The van der Waals surface area contributed by atoms with Crippen LogP contribution in [0.1, 0.15) is 18.7 Å². The van der Waals surface area contributed by atoms with E-state index in [2.05, 4.69) is 25.1 Å². The molecule has 25 heavy (non-hydrogen) atoms. The lowest BCUT2D eigenvalue weighted by Gasteiger charge is -2.32. The molecule has 7 nitrogen and oxygen atoms in total. The number of pyridine rings is 1. The number of ether oxygens (including phenoxy) is 1. The topological polar surface area (TPSA) is 68.4 Å². The van der Waals surface area contributed by atoms with E-state index in [-0.39, 0.29) is 0 Å². The molecule has 1 saturated heterocycles. The molecule has 4 heterocycles. The number of nitrogens with zero attached hydrogens (tertiary/aromatic N) is 6. The van der Waals surface area contributed by atoms with E-state index in [0.717, 1.165) is 43.2 Å². The predicted molar refractivity (Wildman–Crippen MR) is 95.2 cm³/mol. The number of hydrogen-bond donors (Lipinski definition) is 0. The molecular formula is C17H19ClN6O. The Morgan fingerprint density at radius 1 is 1.24 bits per heavy atom. The maximum Gasteiger partial charge on any atom is 0.203 e. The highest BCUT2D eigenvalue weighted by Gasteiger charge is 2.23. The Bertz CT molecular complexity index is 874. The maximum atomic E-state index is 6.08. The van der Waals surface area contributed by atoms with Crippen molar-refractivity contribution in [3.63, 3.8) is 0 Å². The monoisotopic (exact) mass is 358 g/mol. The van der Waals surface area contributed by atoms with Gasteiger partial charge in [0.25, 0.3) is 0 Å². The lowest BCUT2D eigenvalue weighted by Crippen LogP contribution is -2.36. The standard InChI is InChI=1S/C17H19ClN6O/c1-12-21-22-17-16(20-6-9-24(12)17)23-7-3-13(4-8-23)11-25-15-2-5-19-10-14(15)18/h2,5-6,9-10,13H,3-4,7-8,11H2,1H3. The number of anilines is 1. The van der Waals surface area contributed by atoms with Gasteiger partial charge in [-0.25, -0.2) is 4.98 Å². The first kappa shape index (κ1) is 16.1. The van der Waals surface area contributed by atoms with Crippen molar-refractivity contribution in [3.8, 4) is 5.75 Å². The van der Waals surface area contributed by atoms with Crippen LogP contribution in [0.15, 0.2) is 30.9 Å². The fourth-order valence-corrected chi connectivity index (χ4v) is 3.32. The number of rotatable bonds is 4. The highest BCUT2D eigenvalue weighted by Crippen LogP contribution is 2.27. The van der Waals surface area contributed by atoms with Crippen molar-refractivity contribution in [1.29, 1.82) is 0 Å². The summed E-state index contributed by atoms with van der Waals surface area (Å²) in [7, 11) is 0. The number of piperidine rings is 1. The molecule has 0 N–H and O–H groups in total. The minimum absolute atomic E-state index is 0.500. The SMILES string of the molecule is Cc1nnc2c(N3CCC(COc4ccncc4Cl)CC3)nccn12. The van der Waals surface area contributed by atoms with E-state index in [1.807, 2.05) is 17.5 Å².